The number of thioether (sulfide) groups is 1. The highest BCUT2D eigenvalue weighted by atomic mass is 32.2. The first kappa shape index (κ1) is 21.0. The lowest BCUT2D eigenvalue weighted by atomic mass is 10.2. The lowest BCUT2D eigenvalue weighted by molar-refractivity contribution is -0.127. The number of imide groups is 1. The molecule has 0 atom stereocenters. The van der Waals surface area contributed by atoms with Gasteiger partial charge in [0.05, 0.1) is 29.5 Å². The van der Waals surface area contributed by atoms with Gasteiger partial charge in [0.15, 0.2) is 0 Å². The van der Waals surface area contributed by atoms with Crippen LogP contribution in [0.5, 0.6) is 5.75 Å². The molecular formula is C22H21N3O5S. The smallest absolute Gasteiger partial charge is 0.294 e. The highest BCUT2D eigenvalue weighted by Crippen LogP contribution is 2.33. The van der Waals surface area contributed by atoms with Crippen LogP contribution < -0.4 is 10.2 Å². The monoisotopic (exact) mass is 439 g/mol. The van der Waals surface area contributed by atoms with Crippen LogP contribution in [0.4, 0.5) is 16.2 Å². The van der Waals surface area contributed by atoms with Gasteiger partial charge in [-0.3, -0.25) is 19.3 Å². The Bertz CT molecular complexity index is 1050. The van der Waals surface area contributed by atoms with Crippen molar-refractivity contribution in [1.29, 1.82) is 0 Å². The van der Waals surface area contributed by atoms with E-state index in [0.717, 1.165) is 35.4 Å². The summed E-state index contributed by atoms with van der Waals surface area (Å²) in [5.41, 5.74) is 2.09. The third kappa shape index (κ3) is 4.89. The third-order valence-corrected chi connectivity index (χ3v) is 5.78. The summed E-state index contributed by atoms with van der Waals surface area (Å²) < 4.78 is 5.38. The van der Waals surface area contributed by atoms with Crippen LogP contribution in [0, 0.1) is 0 Å². The second-order valence-electron chi connectivity index (χ2n) is 7.03. The number of hydrogen-bond donors (Lipinski definition) is 2. The number of benzene rings is 2. The Morgan fingerprint density at radius 1 is 1.13 bits per heavy atom. The van der Waals surface area contributed by atoms with Gasteiger partial charge in [-0.2, -0.15) is 0 Å². The number of ether oxygens (including phenoxy) is 1. The number of hydrogen-bond acceptors (Lipinski definition) is 7. The molecule has 2 aromatic rings. The zero-order valence-corrected chi connectivity index (χ0v) is 17.4. The minimum atomic E-state index is -0.532. The number of nitrogens with zero attached hydrogens (tertiary/aromatic N) is 2. The van der Waals surface area contributed by atoms with Gasteiger partial charge in [-0.25, -0.2) is 0 Å². The van der Waals surface area contributed by atoms with Crippen molar-refractivity contribution in [2.45, 2.75) is 0 Å². The number of nitrogens with one attached hydrogen (secondary N) is 1. The molecule has 160 valence electrons. The molecule has 0 spiro atoms. The van der Waals surface area contributed by atoms with Gasteiger partial charge >= 0.3 is 0 Å². The van der Waals surface area contributed by atoms with Crippen LogP contribution in [-0.2, 0) is 14.3 Å². The molecule has 0 aromatic heterocycles. The molecule has 2 heterocycles. The maximum atomic E-state index is 12.7. The van der Waals surface area contributed by atoms with Crippen molar-refractivity contribution in [3.8, 4) is 5.75 Å². The number of anilines is 2. The first-order valence-electron chi connectivity index (χ1n) is 9.77. The Balaban J connectivity index is 1.44. The summed E-state index contributed by atoms with van der Waals surface area (Å²) in [5, 5.41) is 11.9. The standard InChI is InChI=1S/C22H21N3O5S/c26-16-5-3-4-15(12-16)13-19-21(28)25(22(29)31-19)14-20(27)23-17-6-1-2-7-18(17)24-8-10-30-11-9-24/h1-7,12-13,26H,8-11,14H2,(H,23,27)/b19-13+. The summed E-state index contributed by atoms with van der Waals surface area (Å²) in [6.07, 6.45) is 1.52. The first-order chi connectivity index (χ1) is 15.0. The average Bonchev–Trinajstić information content (AvgIpc) is 3.02. The summed E-state index contributed by atoms with van der Waals surface area (Å²) in [6, 6.07) is 13.8. The quantitative estimate of drug-likeness (QED) is 0.691. The van der Waals surface area contributed by atoms with Gasteiger partial charge < -0.3 is 20.1 Å². The maximum Gasteiger partial charge on any atom is 0.294 e. The van der Waals surface area contributed by atoms with Crippen LogP contribution in [0.1, 0.15) is 5.56 Å². The van der Waals surface area contributed by atoms with Crippen molar-refractivity contribution in [1.82, 2.24) is 4.90 Å². The van der Waals surface area contributed by atoms with Gasteiger partial charge in [0.1, 0.15) is 12.3 Å². The summed E-state index contributed by atoms with van der Waals surface area (Å²) in [6.45, 7) is 2.29. The van der Waals surface area contributed by atoms with Crippen molar-refractivity contribution >= 4 is 46.3 Å². The minimum Gasteiger partial charge on any atom is -0.508 e. The lowest BCUT2D eigenvalue weighted by Crippen LogP contribution is -2.38. The number of phenols is 1. The summed E-state index contributed by atoms with van der Waals surface area (Å²) in [5.74, 6) is -0.928. The Morgan fingerprint density at radius 2 is 1.90 bits per heavy atom. The number of carbonyl (C=O) groups is 3. The number of para-hydroxylation sites is 2. The van der Waals surface area contributed by atoms with Crippen molar-refractivity contribution < 1.29 is 24.2 Å². The predicted octanol–water partition coefficient (Wildman–Crippen LogP) is 2.90. The normalized spacial score (nSPS) is 18.0. The molecule has 0 radical (unpaired) electrons. The lowest BCUT2D eigenvalue weighted by Gasteiger charge is -2.30. The van der Waals surface area contributed by atoms with E-state index in [4.69, 9.17) is 4.74 Å². The molecule has 0 unspecified atom stereocenters. The molecule has 8 nitrogen and oxygen atoms in total. The molecule has 2 aliphatic heterocycles. The number of rotatable bonds is 5. The fourth-order valence-electron chi connectivity index (χ4n) is 3.39. The molecule has 2 aromatic carbocycles. The molecule has 2 N–H and O–H groups in total. The van der Waals surface area contributed by atoms with E-state index >= 15 is 0 Å². The predicted molar refractivity (Wildman–Crippen MR) is 119 cm³/mol. The SMILES string of the molecule is O=C(CN1C(=O)S/C(=C/c2cccc(O)c2)C1=O)Nc1ccccc1N1CCOCC1. The molecule has 4 rings (SSSR count). The Labute approximate surface area is 183 Å². The molecule has 9 heteroatoms. The highest BCUT2D eigenvalue weighted by Gasteiger charge is 2.36. The van der Waals surface area contributed by atoms with Gasteiger partial charge in [-0.15, -0.1) is 0 Å². The van der Waals surface area contributed by atoms with E-state index in [0.29, 0.717) is 24.5 Å². The summed E-state index contributed by atoms with van der Waals surface area (Å²) in [4.78, 5) is 40.9. The number of aromatic hydroxyl groups is 1. The van der Waals surface area contributed by atoms with E-state index < -0.39 is 17.1 Å². The highest BCUT2D eigenvalue weighted by molar-refractivity contribution is 8.18. The minimum absolute atomic E-state index is 0.0614. The molecule has 2 saturated heterocycles. The fourth-order valence-corrected chi connectivity index (χ4v) is 4.23. The zero-order chi connectivity index (χ0) is 21.8. The number of carbonyl (C=O) groups excluding carboxylic acids is 3. The van der Waals surface area contributed by atoms with Crippen LogP contribution >= 0.6 is 11.8 Å². The van der Waals surface area contributed by atoms with Crippen molar-refractivity contribution in [2.75, 3.05) is 43.1 Å². The van der Waals surface area contributed by atoms with Crippen LogP contribution in [0.2, 0.25) is 0 Å². The van der Waals surface area contributed by atoms with Crippen molar-refractivity contribution in [2.24, 2.45) is 0 Å². The van der Waals surface area contributed by atoms with Crippen molar-refractivity contribution in [3.05, 3.63) is 59.0 Å². The molecule has 0 saturated carbocycles. The number of morpholine rings is 1. The van der Waals surface area contributed by atoms with E-state index in [2.05, 4.69) is 10.2 Å². The van der Waals surface area contributed by atoms with Gasteiger partial charge in [-0.1, -0.05) is 24.3 Å². The fraction of sp³-hybridized carbons (Fsp3) is 0.227. The number of phenolic OH excluding ortho intramolecular Hbond substituents is 1. The summed E-state index contributed by atoms with van der Waals surface area (Å²) in [7, 11) is 0. The first-order valence-corrected chi connectivity index (χ1v) is 10.6. The van der Waals surface area contributed by atoms with E-state index in [9.17, 15) is 19.5 Å². The largest absolute Gasteiger partial charge is 0.508 e. The van der Waals surface area contributed by atoms with E-state index in [1.165, 1.54) is 18.2 Å². The van der Waals surface area contributed by atoms with Gasteiger partial charge in [0, 0.05) is 13.1 Å². The van der Waals surface area contributed by atoms with Crippen LogP contribution in [-0.4, -0.2) is 59.9 Å². The third-order valence-electron chi connectivity index (χ3n) is 4.87. The van der Waals surface area contributed by atoms with Crippen LogP contribution in [0.3, 0.4) is 0 Å². The Hall–Kier alpha value is -3.30. The van der Waals surface area contributed by atoms with Crippen LogP contribution in [0.15, 0.2) is 53.4 Å². The molecule has 3 amide bonds. The molecule has 0 aliphatic carbocycles. The second-order valence-corrected chi connectivity index (χ2v) is 8.02. The second kappa shape index (κ2) is 9.23. The van der Waals surface area contributed by atoms with Gasteiger partial charge in [-0.05, 0) is 47.7 Å². The maximum absolute atomic E-state index is 12.7. The Kier molecular flexibility index (Phi) is 6.24. The molecule has 0 bridgehead atoms. The topological polar surface area (TPSA) is 99.2 Å². The molecular weight excluding hydrogens is 418 g/mol. The molecule has 31 heavy (non-hydrogen) atoms. The molecule has 2 fully saturated rings. The van der Waals surface area contributed by atoms with Gasteiger partial charge in [0.2, 0.25) is 5.91 Å². The molecule has 2 aliphatic rings. The van der Waals surface area contributed by atoms with E-state index in [-0.39, 0.29) is 17.2 Å². The zero-order valence-electron chi connectivity index (χ0n) is 16.6. The summed E-state index contributed by atoms with van der Waals surface area (Å²) >= 11 is 0.771. The van der Waals surface area contributed by atoms with Crippen molar-refractivity contribution in [3.63, 3.8) is 0 Å². The Morgan fingerprint density at radius 3 is 2.68 bits per heavy atom. The van der Waals surface area contributed by atoms with Crippen LogP contribution in [0.25, 0.3) is 6.08 Å². The van der Waals surface area contributed by atoms with Gasteiger partial charge in [0.25, 0.3) is 11.1 Å². The van der Waals surface area contributed by atoms with E-state index in [1.807, 2.05) is 18.2 Å². The van der Waals surface area contributed by atoms with E-state index in [1.54, 1.807) is 18.2 Å². The average molecular weight is 439 g/mol. The number of amides is 3.